The van der Waals surface area contributed by atoms with Crippen LogP contribution in [0.3, 0.4) is 0 Å². The third kappa shape index (κ3) is 1.46. The first kappa shape index (κ1) is 10.0. The molecular formula is C10H6N2O4. The smallest absolute Gasteiger partial charge is 0.355 e. The van der Waals surface area contributed by atoms with Crippen molar-refractivity contribution in [2.24, 2.45) is 0 Å². The lowest BCUT2D eigenvalue weighted by atomic mass is 10.1. The van der Waals surface area contributed by atoms with Crippen molar-refractivity contribution in [1.29, 1.82) is 0 Å². The van der Waals surface area contributed by atoms with Crippen molar-refractivity contribution in [3.8, 4) is 0 Å². The molecule has 0 bridgehead atoms. The first-order chi connectivity index (χ1) is 7.61. The SMILES string of the molecule is O=C(O)c1nccc2c([N+](=O)[O-])cccc12. The second kappa shape index (κ2) is 3.58. The van der Waals surface area contributed by atoms with Crippen molar-refractivity contribution in [3.63, 3.8) is 0 Å². The molecule has 0 radical (unpaired) electrons. The van der Waals surface area contributed by atoms with Gasteiger partial charge in [0.15, 0.2) is 5.69 Å². The molecule has 0 aliphatic carbocycles. The lowest BCUT2D eigenvalue weighted by Crippen LogP contribution is -2.01. The Morgan fingerprint density at radius 1 is 1.31 bits per heavy atom. The lowest BCUT2D eigenvalue weighted by Gasteiger charge is -2.01. The quantitative estimate of drug-likeness (QED) is 0.613. The van der Waals surface area contributed by atoms with E-state index in [2.05, 4.69) is 4.98 Å². The molecular weight excluding hydrogens is 212 g/mol. The van der Waals surface area contributed by atoms with Crippen molar-refractivity contribution in [2.45, 2.75) is 0 Å². The first-order valence-electron chi connectivity index (χ1n) is 4.36. The topological polar surface area (TPSA) is 93.3 Å². The average Bonchev–Trinajstić information content (AvgIpc) is 2.27. The third-order valence-corrected chi connectivity index (χ3v) is 2.18. The fraction of sp³-hybridized carbons (Fsp3) is 0. The molecule has 16 heavy (non-hydrogen) atoms. The van der Waals surface area contributed by atoms with Crippen LogP contribution in [-0.2, 0) is 0 Å². The Bertz CT molecular complexity index is 541. The van der Waals surface area contributed by atoms with E-state index in [-0.39, 0.29) is 22.2 Å². The van der Waals surface area contributed by atoms with E-state index in [4.69, 9.17) is 5.11 Å². The number of hydrogen-bond acceptors (Lipinski definition) is 4. The van der Waals surface area contributed by atoms with Crippen LogP contribution in [0.1, 0.15) is 10.5 Å². The van der Waals surface area contributed by atoms with Gasteiger partial charge >= 0.3 is 5.97 Å². The maximum atomic E-state index is 10.9. The molecule has 0 saturated heterocycles. The summed E-state index contributed by atoms with van der Waals surface area (Å²) in [5.41, 5.74) is -0.302. The van der Waals surface area contributed by atoms with Gasteiger partial charge in [0.2, 0.25) is 0 Å². The van der Waals surface area contributed by atoms with Gasteiger partial charge in [-0.05, 0) is 6.07 Å². The maximum Gasteiger partial charge on any atom is 0.355 e. The summed E-state index contributed by atoms with van der Waals surface area (Å²) in [7, 11) is 0. The minimum atomic E-state index is -1.20. The lowest BCUT2D eigenvalue weighted by molar-refractivity contribution is -0.383. The van der Waals surface area contributed by atoms with Gasteiger partial charge in [0.1, 0.15) is 0 Å². The summed E-state index contributed by atoms with van der Waals surface area (Å²) in [6.45, 7) is 0. The number of carboxylic acids is 1. The Kier molecular flexibility index (Phi) is 2.24. The molecule has 6 heteroatoms. The number of pyridine rings is 1. The van der Waals surface area contributed by atoms with Gasteiger partial charge in [0, 0.05) is 17.6 Å². The molecule has 80 valence electrons. The van der Waals surface area contributed by atoms with Crippen molar-refractivity contribution in [1.82, 2.24) is 4.98 Å². The van der Waals surface area contributed by atoms with Crippen LogP contribution in [0, 0.1) is 10.1 Å². The van der Waals surface area contributed by atoms with E-state index in [1.54, 1.807) is 0 Å². The van der Waals surface area contributed by atoms with Gasteiger partial charge in [-0.3, -0.25) is 10.1 Å². The van der Waals surface area contributed by atoms with Gasteiger partial charge < -0.3 is 5.11 Å². The minimum absolute atomic E-state index is 0.123. The predicted octanol–water partition coefficient (Wildman–Crippen LogP) is 1.84. The fourth-order valence-corrected chi connectivity index (χ4v) is 1.52. The van der Waals surface area contributed by atoms with Crippen LogP contribution in [-0.4, -0.2) is 21.0 Å². The third-order valence-electron chi connectivity index (χ3n) is 2.18. The van der Waals surface area contributed by atoms with Crippen LogP contribution in [0.2, 0.25) is 0 Å². The number of carbonyl (C=O) groups is 1. The van der Waals surface area contributed by atoms with Gasteiger partial charge in [-0.15, -0.1) is 0 Å². The molecule has 0 amide bonds. The Morgan fingerprint density at radius 3 is 2.69 bits per heavy atom. The van der Waals surface area contributed by atoms with Crippen LogP contribution in [0.15, 0.2) is 30.5 Å². The summed E-state index contributed by atoms with van der Waals surface area (Å²) in [5.74, 6) is -1.20. The standard InChI is InChI=1S/C10H6N2O4/c13-10(14)9-7-2-1-3-8(12(15)16)6(7)4-5-11-9/h1-5H,(H,13,14). The molecule has 0 saturated carbocycles. The highest BCUT2D eigenvalue weighted by molar-refractivity contribution is 6.04. The monoisotopic (exact) mass is 218 g/mol. The molecule has 0 atom stereocenters. The van der Waals surface area contributed by atoms with Gasteiger partial charge in [-0.2, -0.15) is 0 Å². The normalized spacial score (nSPS) is 10.2. The van der Waals surface area contributed by atoms with Crippen LogP contribution >= 0.6 is 0 Å². The average molecular weight is 218 g/mol. The maximum absolute atomic E-state index is 10.9. The predicted molar refractivity (Wildman–Crippen MR) is 55.4 cm³/mol. The molecule has 0 fully saturated rings. The Morgan fingerprint density at radius 2 is 2.06 bits per heavy atom. The number of hydrogen-bond donors (Lipinski definition) is 1. The molecule has 0 aliphatic rings. The van der Waals surface area contributed by atoms with E-state index in [0.29, 0.717) is 0 Å². The highest BCUT2D eigenvalue weighted by Gasteiger charge is 2.16. The molecule has 1 aromatic heterocycles. The van der Waals surface area contributed by atoms with Crippen molar-refractivity contribution >= 4 is 22.4 Å². The molecule has 0 spiro atoms. The number of nitrogens with zero attached hydrogens (tertiary/aromatic N) is 2. The van der Waals surface area contributed by atoms with Crippen LogP contribution in [0.25, 0.3) is 10.8 Å². The zero-order valence-corrected chi connectivity index (χ0v) is 7.95. The van der Waals surface area contributed by atoms with E-state index in [9.17, 15) is 14.9 Å². The van der Waals surface area contributed by atoms with Gasteiger partial charge in [0.25, 0.3) is 5.69 Å². The zero-order valence-electron chi connectivity index (χ0n) is 7.95. The highest BCUT2D eigenvalue weighted by atomic mass is 16.6. The van der Waals surface area contributed by atoms with Crippen LogP contribution in [0.5, 0.6) is 0 Å². The van der Waals surface area contributed by atoms with Crippen molar-refractivity contribution in [2.75, 3.05) is 0 Å². The molecule has 2 aromatic rings. The van der Waals surface area contributed by atoms with Crippen LogP contribution < -0.4 is 0 Å². The first-order valence-corrected chi connectivity index (χ1v) is 4.36. The van der Waals surface area contributed by atoms with Gasteiger partial charge in [0.05, 0.1) is 10.3 Å². The number of rotatable bonds is 2. The summed E-state index contributed by atoms with van der Waals surface area (Å²) < 4.78 is 0. The van der Waals surface area contributed by atoms with E-state index < -0.39 is 10.9 Å². The number of fused-ring (bicyclic) bond motifs is 1. The van der Waals surface area contributed by atoms with E-state index >= 15 is 0 Å². The Hall–Kier alpha value is -2.50. The summed E-state index contributed by atoms with van der Waals surface area (Å²) in [4.78, 5) is 24.7. The zero-order chi connectivity index (χ0) is 11.7. The number of aromatic nitrogens is 1. The molecule has 1 heterocycles. The number of non-ortho nitro benzene ring substituents is 1. The van der Waals surface area contributed by atoms with Crippen LogP contribution in [0.4, 0.5) is 5.69 Å². The summed E-state index contributed by atoms with van der Waals surface area (Å²) in [6, 6.07) is 5.70. The molecule has 1 N–H and O–H groups in total. The summed E-state index contributed by atoms with van der Waals surface area (Å²) in [6.07, 6.45) is 1.25. The fourth-order valence-electron chi connectivity index (χ4n) is 1.52. The second-order valence-electron chi connectivity index (χ2n) is 3.09. The number of nitro benzene ring substituents is 1. The summed E-state index contributed by atoms with van der Waals surface area (Å²) >= 11 is 0. The van der Waals surface area contributed by atoms with Crippen molar-refractivity contribution < 1.29 is 14.8 Å². The van der Waals surface area contributed by atoms with Gasteiger partial charge in [-0.1, -0.05) is 12.1 Å². The van der Waals surface area contributed by atoms with E-state index in [1.807, 2.05) is 0 Å². The van der Waals surface area contributed by atoms with E-state index in [0.717, 1.165) is 0 Å². The molecule has 1 aromatic carbocycles. The number of benzene rings is 1. The Balaban J connectivity index is 2.86. The molecule has 0 aliphatic heterocycles. The van der Waals surface area contributed by atoms with Gasteiger partial charge in [-0.25, -0.2) is 9.78 Å². The van der Waals surface area contributed by atoms with Crippen molar-refractivity contribution in [3.05, 3.63) is 46.3 Å². The summed E-state index contributed by atoms with van der Waals surface area (Å²) in [5, 5.41) is 20.2. The molecule has 0 unspecified atom stereocenters. The Labute approximate surface area is 89.3 Å². The number of aromatic carboxylic acids is 1. The second-order valence-corrected chi connectivity index (χ2v) is 3.09. The molecule has 2 rings (SSSR count). The largest absolute Gasteiger partial charge is 0.476 e. The number of carboxylic acid groups (broad SMARTS) is 1. The highest BCUT2D eigenvalue weighted by Crippen LogP contribution is 2.26. The van der Waals surface area contributed by atoms with E-state index in [1.165, 1.54) is 30.5 Å². The minimum Gasteiger partial charge on any atom is -0.476 e. The number of nitro groups is 1. The molecule has 6 nitrogen and oxygen atoms in total.